The van der Waals surface area contributed by atoms with Gasteiger partial charge in [0.1, 0.15) is 16.7 Å². The van der Waals surface area contributed by atoms with Crippen LogP contribution in [0, 0.1) is 11.3 Å². The number of para-hydroxylation sites is 1. The van der Waals surface area contributed by atoms with Crippen LogP contribution < -0.4 is 10.1 Å². The lowest BCUT2D eigenvalue weighted by atomic mass is 10.3. The molecule has 2 aromatic rings. The highest BCUT2D eigenvalue weighted by Crippen LogP contribution is 2.17. The molecule has 1 heterocycles. The molecule has 0 aliphatic heterocycles. The van der Waals surface area contributed by atoms with Gasteiger partial charge >= 0.3 is 0 Å². The molecular weight excluding hydrogens is 274 g/mol. The molecule has 0 unspecified atom stereocenters. The Bertz CT molecular complexity index is 604. The molecule has 1 N–H and O–H groups in total. The van der Waals surface area contributed by atoms with Crippen molar-refractivity contribution < 1.29 is 9.53 Å². The number of benzene rings is 1. The highest BCUT2D eigenvalue weighted by molar-refractivity contribution is 7.16. The number of amides is 1. The van der Waals surface area contributed by atoms with Crippen molar-refractivity contribution in [2.45, 2.75) is 12.8 Å². The summed E-state index contributed by atoms with van der Waals surface area (Å²) in [6.07, 6.45) is 2.42. The monoisotopic (exact) mass is 287 g/mol. The fourth-order valence-corrected chi connectivity index (χ4v) is 2.13. The van der Waals surface area contributed by atoms with Crippen molar-refractivity contribution in [3.8, 4) is 11.8 Å². The summed E-state index contributed by atoms with van der Waals surface area (Å²) in [6.45, 7) is 0.485. The molecule has 0 bridgehead atoms. The number of rotatable bonds is 6. The topological polar surface area (TPSA) is 75.0 Å². The lowest BCUT2D eigenvalue weighted by Crippen LogP contribution is -2.12. The molecule has 5 nitrogen and oxygen atoms in total. The number of nitriles is 1. The summed E-state index contributed by atoms with van der Waals surface area (Å²) in [4.78, 5) is 16.1. The Kier molecular flexibility index (Phi) is 5.09. The van der Waals surface area contributed by atoms with Crippen LogP contribution in [0.2, 0.25) is 0 Å². The second-order valence-electron chi connectivity index (χ2n) is 3.95. The maximum Gasteiger partial charge on any atom is 0.226 e. The minimum absolute atomic E-state index is 0.125. The van der Waals surface area contributed by atoms with Gasteiger partial charge in [0.25, 0.3) is 0 Å². The van der Waals surface area contributed by atoms with E-state index in [-0.39, 0.29) is 5.91 Å². The molecule has 0 saturated heterocycles. The third kappa shape index (κ3) is 4.37. The molecule has 2 rings (SSSR count). The van der Waals surface area contributed by atoms with Crippen LogP contribution in [0.5, 0.6) is 5.75 Å². The highest BCUT2D eigenvalue weighted by Gasteiger charge is 2.06. The Morgan fingerprint density at radius 3 is 2.90 bits per heavy atom. The van der Waals surface area contributed by atoms with Gasteiger partial charge < -0.3 is 10.1 Å². The molecule has 20 heavy (non-hydrogen) atoms. The minimum atomic E-state index is -0.125. The average Bonchev–Trinajstić information content (AvgIpc) is 2.92. The second-order valence-corrected chi connectivity index (χ2v) is 4.99. The number of nitrogens with zero attached hydrogens (tertiary/aromatic N) is 2. The first-order valence-electron chi connectivity index (χ1n) is 6.11. The molecule has 0 aliphatic rings. The zero-order chi connectivity index (χ0) is 14.2. The summed E-state index contributed by atoms with van der Waals surface area (Å²) in [5.74, 6) is 0.673. The van der Waals surface area contributed by atoms with Crippen LogP contribution >= 0.6 is 11.3 Å². The average molecular weight is 287 g/mol. The zero-order valence-electron chi connectivity index (χ0n) is 10.7. The van der Waals surface area contributed by atoms with Crippen LogP contribution in [0.3, 0.4) is 0 Å². The van der Waals surface area contributed by atoms with Crippen molar-refractivity contribution in [1.29, 1.82) is 5.26 Å². The summed E-state index contributed by atoms with van der Waals surface area (Å²) < 4.78 is 5.49. The number of nitrogens with one attached hydrogen (secondary N) is 1. The molecular formula is C14H13N3O2S. The standard InChI is InChI=1S/C14H13N3O2S/c15-9-12-10-16-14(20-12)17-13(18)7-4-8-19-11-5-2-1-3-6-11/h1-3,5-6,10H,4,7-8H2,(H,16,17,18). The lowest BCUT2D eigenvalue weighted by molar-refractivity contribution is -0.116. The number of hydrogen-bond donors (Lipinski definition) is 1. The van der Waals surface area contributed by atoms with E-state index in [1.807, 2.05) is 36.4 Å². The van der Waals surface area contributed by atoms with Crippen molar-refractivity contribution in [2.24, 2.45) is 0 Å². The van der Waals surface area contributed by atoms with E-state index < -0.39 is 0 Å². The van der Waals surface area contributed by atoms with Gasteiger partial charge in [-0.25, -0.2) is 4.98 Å². The molecule has 0 spiro atoms. The molecule has 0 saturated carbocycles. The van der Waals surface area contributed by atoms with Gasteiger partial charge in [-0.05, 0) is 18.6 Å². The van der Waals surface area contributed by atoms with Gasteiger partial charge in [0.15, 0.2) is 5.13 Å². The molecule has 0 atom stereocenters. The highest BCUT2D eigenvalue weighted by atomic mass is 32.1. The number of carbonyl (C=O) groups is 1. The Morgan fingerprint density at radius 1 is 1.40 bits per heavy atom. The van der Waals surface area contributed by atoms with E-state index in [0.29, 0.717) is 29.5 Å². The normalized spacial score (nSPS) is 9.75. The van der Waals surface area contributed by atoms with Crippen LogP contribution in [0.1, 0.15) is 17.7 Å². The number of thiazole rings is 1. The van der Waals surface area contributed by atoms with Crippen molar-refractivity contribution in [3.63, 3.8) is 0 Å². The number of aromatic nitrogens is 1. The Hall–Kier alpha value is -2.39. The summed E-state index contributed by atoms with van der Waals surface area (Å²) >= 11 is 1.16. The van der Waals surface area contributed by atoms with Gasteiger partial charge in [0, 0.05) is 6.42 Å². The van der Waals surface area contributed by atoms with Crippen molar-refractivity contribution in [2.75, 3.05) is 11.9 Å². The molecule has 0 fully saturated rings. The van der Waals surface area contributed by atoms with E-state index in [4.69, 9.17) is 10.00 Å². The second kappa shape index (κ2) is 7.26. The van der Waals surface area contributed by atoms with E-state index in [9.17, 15) is 4.79 Å². The van der Waals surface area contributed by atoms with Gasteiger partial charge in [0.2, 0.25) is 5.91 Å². The van der Waals surface area contributed by atoms with Crippen LogP contribution in [0.15, 0.2) is 36.5 Å². The van der Waals surface area contributed by atoms with Crippen LogP contribution in [-0.4, -0.2) is 17.5 Å². The predicted octanol–water partition coefficient (Wildman–Crippen LogP) is 2.81. The first-order chi connectivity index (χ1) is 9.78. The Balaban J connectivity index is 1.67. The Labute approximate surface area is 120 Å². The third-order valence-corrected chi connectivity index (χ3v) is 3.24. The van der Waals surface area contributed by atoms with E-state index in [2.05, 4.69) is 10.3 Å². The van der Waals surface area contributed by atoms with Gasteiger partial charge in [-0.1, -0.05) is 29.5 Å². The molecule has 0 aliphatic carbocycles. The van der Waals surface area contributed by atoms with E-state index in [0.717, 1.165) is 17.1 Å². The SMILES string of the molecule is N#Cc1cnc(NC(=O)CCCOc2ccccc2)s1. The molecule has 1 aromatic carbocycles. The summed E-state index contributed by atoms with van der Waals surface area (Å²) in [7, 11) is 0. The molecule has 1 aromatic heterocycles. The summed E-state index contributed by atoms with van der Waals surface area (Å²) in [5.41, 5.74) is 0. The molecule has 0 radical (unpaired) electrons. The fourth-order valence-electron chi connectivity index (χ4n) is 1.50. The quantitative estimate of drug-likeness (QED) is 0.829. The molecule has 6 heteroatoms. The Morgan fingerprint density at radius 2 is 2.20 bits per heavy atom. The summed E-state index contributed by atoms with van der Waals surface area (Å²) in [5, 5.41) is 11.8. The lowest BCUT2D eigenvalue weighted by Gasteiger charge is -2.05. The fraction of sp³-hybridized carbons (Fsp3) is 0.214. The minimum Gasteiger partial charge on any atom is -0.494 e. The number of anilines is 1. The largest absolute Gasteiger partial charge is 0.494 e. The van der Waals surface area contributed by atoms with Crippen molar-refractivity contribution in [1.82, 2.24) is 4.98 Å². The maximum absolute atomic E-state index is 11.6. The smallest absolute Gasteiger partial charge is 0.226 e. The molecule has 102 valence electrons. The number of carbonyl (C=O) groups excluding carboxylic acids is 1. The van der Waals surface area contributed by atoms with Crippen LogP contribution in [-0.2, 0) is 4.79 Å². The first kappa shape index (κ1) is 14.0. The van der Waals surface area contributed by atoms with E-state index >= 15 is 0 Å². The predicted molar refractivity (Wildman–Crippen MR) is 76.6 cm³/mol. The first-order valence-corrected chi connectivity index (χ1v) is 6.93. The number of ether oxygens (including phenoxy) is 1. The van der Waals surface area contributed by atoms with Crippen molar-refractivity contribution >= 4 is 22.4 Å². The van der Waals surface area contributed by atoms with Gasteiger partial charge in [-0.15, -0.1) is 0 Å². The zero-order valence-corrected chi connectivity index (χ0v) is 11.5. The van der Waals surface area contributed by atoms with Gasteiger partial charge in [-0.3, -0.25) is 4.79 Å². The van der Waals surface area contributed by atoms with E-state index in [1.165, 1.54) is 6.20 Å². The third-order valence-electron chi connectivity index (χ3n) is 2.42. The van der Waals surface area contributed by atoms with Crippen LogP contribution in [0.4, 0.5) is 5.13 Å². The van der Waals surface area contributed by atoms with Gasteiger partial charge in [-0.2, -0.15) is 5.26 Å². The van der Waals surface area contributed by atoms with Gasteiger partial charge in [0.05, 0.1) is 12.8 Å². The van der Waals surface area contributed by atoms with Crippen LogP contribution in [0.25, 0.3) is 0 Å². The van der Waals surface area contributed by atoms with Crippen molar-refractivity contribution in [3.05, 3.63) is 41.4 Å². The molecule has 1 amide bonds. The summed E-state index contributed by atoms with van der Waals surface area (Å²) in [6, 6.07) is 11.4. The maximum atomic E-state index is 11.6. The van der Waals surface area contributed by atoms with E-state index in [1.54, 1.807) is 0 Å². The number of hydrogen-bond acceptors (Lipinski definition) is 5.